The predicted octanol–water partition coefficient (Wildman–Crippen LogP) is 2.93. The summed E-state index contributed by atoms with van der Waals surface area (Å²) >= 11 is 0. The van der Waals surface area contributed by atoms with E-state index < -0.39 is 0 Å². The number of nitrogens with zero attached hydrogens (tertiary/aromatic N) is 1. The van der Waals surface area contributed by atoms with Crippen LogP contribution in [0.3, 0.4) is 0 Å². The second kappa shape index (κ2) is 8.98. The molecule has 20 heavy (non-hydrogen) atoms. The molecule has 0 radical (unpaired) electrons. The maximum Gasteiger partial charge on any atom is 0.119 e. The smallest absolute Gasteiger partial charge is 0.119 e. The quantitative estimate of drug-likeness (QED) is 0.755. The third-order valence-electron chi connectivity index (χ3n) is 3.63. The molecule has 0 amide bonds. The van der Waals surface area contributed by atoms with Gasteiger partial charge in [-0.1, -0.05) is 26.0 Å². The Balaban J connectivity index is 2.29. The highest BCUT2D eigenvalue weighted by atomic mass is 16.5. The summed E-state index contributed by atoms with van der Waals surface area (Å²) in [4.78, 5) is 2.36. The first-order valence-electron chi connectivity index (χ1n) is 7.65. The molecular formula is C17H30N2O. The van der Waals surface area contributed by atoms with Crippen LogP contribution < -0.4 is 10.5 Å². The first-order chi connectivity index (χ1) is 9.52. The van der Waals surface area contributed by atoms with Crippen LogP contribution in [0.15, 0.2) is 24.3 Å². The van der Waals surface area contributed by atoms with Crippen molar-refractivity contribution in [3.63, 3.8) is 0 Å². The van der Waals surface area contributed by atoms with Gasteiger partial charge in [-0.15, -0.1) is 0 Å². The van der Waals surface area contributed by atoms with Gasteiger partial charge in [-0.2, -0.15) is 0 Å². The van der Waals surface area contributed by atoms with Gasteiger partial charge in [0, 0.05) is 12.6 Å². The molecule has 0 aromatic heterocycles. The maximum absolute atomic E-state index is 5.79. The van der Waals surface area contributed by atoms with Gasteiger partial charge in [0.05, 0.1) is 0 Å². The summed E-state index contributed by atoms with van der Waals surface area (Å²) in [5.41, 5.74) is 6.80. The van der Waals surface area contributed by atoms with E-state index in [0.29, 0.717) is 12.6 Å². The Morgan fingerprint density at radius 1 is 1.15 bits per heavy atom. The van der Waals surface area contributed by atoms with Gasteiger partial charge >= 0.3 is 0 Å². The first kappa shape index (κ1) is 17.0. The van der Waals surface area contributed by atoms with E-state index in [1.165, 1.54) is 12.0 Å². The molecule has 0 fully saturated rings. The molecule has 0 aliphatic rings. The van der Waals surface area contributed by atoms with E-state index in [0.717, 1.165) is 31.2 Å². The second-order valence-corrected chi connectivity index (χ2v) is 5.99. The van der Waals surface area contributed by atoms with Gasteiger partial charge in [0.2, 0.25) is 0 Å². The van der Waals surface area contributed by atoms with E-state index >= 15 is 0 Å². The molecule has 1 unspecified atom stereocenters. The minimum atomic E-state index is 0.602. The minimum Gasteiger partial charge on any atom is -0.492 e. The van der Waals surface area contributed by atoms with Crippen molar-refractivity contribution in [1.29, 1.82) is 0 Å². The molecule has 0 spiro atoms. The average Bonchev–Trinajstić information content (AvgIpc) is 2.40. The molecule has 3 heteroatoms. The third-order valence-corrected chi connectivity index (χ3v) is 3.63. The van der Waals surface area contributed by atoms with Crippen molar-refractivity contribution >= 4 is 0 Å². The van der Waals surface area contributed by atoms with Crippen molar-refractivity contribution < 1.29 is 4.74 Å². The molecule has 1 aromatic carbocycles. The van der Waals surface area contributed by atoms with Crippen LogP contribution in [0.2, 0.25) is 0 Å². The standard InChI is InChI=1S/C17H30N2O/c1-14(2)13-15(3)19(4)11-12-20-17-7-5-16(6-8-17)9-10-18/h5-8,14-15H,9-13,18H2,1-4H3. The Morgan fingerprint density at radius 3 is 2.35 bits per heavy atom. The topological polar surface area (TPSA) is 38.5 Å². The van der Waals surface area contributed by atoms with Gasteiger partial charge < -0.3 is 15.4 Å². The fourth-order valence-corrected chi connectivity index (χ4v) is 2.31. The molecule has 0 aliphatic heterocycles. The first-order valence-corrected chi connectivity index (χ1v) is 7.65. The fraction of sp³-hybridized carbons (Fsp3) is 0.647. The van der Waals surface area contributed by atoms with Crippen molar-refractivity contribution in [2.75, 3.05) is 26.7 Å². The Kier molecular flexibility index (Phi) is 7.63. The van der Waals surface area contributed by atoms with Crippen LogP contribution in [0.4, 0.5) is 0 Å². The lowest BCUT2D eigenvalue weighted by Crippen LogP contribution is -2.33. The highest BCUT2D eigenvalue weighted by Gasteiger charge is 2.10. The van der Waals surface area contributed by atoms with Crippen molar-refractivity contribution in [3.05, 3.63) is 29.8 Å². The van der Waals surface area contributed by atoms with Gasteiger partial charge in [0.1, 0.15) is 12.4 Å². The summed E-state index contributed by atoms with van der Waals surface area (Å²) in [6, 6.07) is 8.84. The lowest BCUT2D eigenvalue weighted by molar-refractivity contribution is 0.184. The maximum atomic E-state index is 5.79. The Bertz CT molecular complexity index is 362. The van der Waals surface area contributed by atoms with Crippen molar-refractivity contribution in [3.8, 4) is 5.75 Å². The Hall–Kier alpha value is -1.06. The largest absolute Gasteiger partial charge is 0.492 e. The number of benzene rings is 1. The zero-order chi connectivity index (χ0) is 15.0. The number of nitrogens with two attached hydrogens (primary N) is 1. The molecule has 1 atom stereocenters. The predicted molar refractivity (Wildman–Crippen MR) is 86.2 cm³/mol. The van der Waals surface area contributed by atoms with Gasteiger partial charge in [0.25, 0.3) is 0 Å². The van der Waals surface area contributed by atoms with Crippen molar-refractivity contribution in [2.45, 2.75) is 39.7 Å². The van der Waals surface area contributed by atoms with E-state index in [2.05, 4.69) is 44.9 Å². The zero-order valence-corrected chi connectivity index (χ0v) is 13.4. The normalized spacial score (nSPS) is 12.9. The monoisotopic (exact) mass is 278 g/mol. The van der Waals surface area contributed by atoms with Crippen LogP contribution in [0.1, 0.15) is 32.8 Å². The van der Waals surface area contributed by atoms with Crippen LogP contribution in [-0.2, 0) is 6.42 Å². The molecule has 0 bridgehead atoms. The fourth-order valence-electron chi connectivity index (χ4n) is 2.31. The van der Waals surface area contributed by atoms with Gasteiger partial charge in [-0.25, -0.2) is 0 Å². The Labute approximate surface area is 124 Å². The van der Waals surface area contributed by atoms with E-state index in [-0.39, 0.29) is 0 Å². The molecule has 1 rings (SSSR count). The summed E-state index contributed by atoms with van der Waals surface area (Å²) in [5, 5.41) is 0. The molecule has 114 valence electrons. The molecule has 2 N–H and O–H groups in total. The number of likely N-dealkylation sites (N-methyl/N-ethyl adjacent to an activating group) is 1. The van der Waals surface area contributed by atoms with E-state index in [4.69, 9.17) is 10.5 Å². The molecule has 0 heterocycles. The van der Waals surface area contributed by atoms with Crippen LogP contribution >= 0.6 is 0 Å². The summed E-state index contributed by atoms with van der Waals surface area (Å²) < 4.78 is 5.79. The lowest BCUT2D eigenvalue weighted by Gasteiger charge is -2.26. The van der Waals surface area contributed by atoms with Crippen LogP contribution in [0.25, 0.3) is 0 Å². The van der Waals surface area contributed by atoms with Gasteiger partial charge in [0.15, 0.2) is 0 Å². The molecule has 0 aliphatic carbocycles. The summed E-state index contributed by atoms with van der Waals surface area (Å²) in [5.74, 6) is 1.68. The van der Waals surface area contributed by atoms with Crippen LogP contribution in [-0.4, -0.2) is 37.7 Å². The summed E-state index contributed by atoms with van der Waals surface area (Å²) in [7, 11) is 2.17. The van der Waals surface area contributed by atoms with Crippen molar-refractivity contribution in [1.82, 2.24) is 4.90 Å². The minimum absolute atomic E-state index is 0.602. The molecular weight excluding hydrogens is 248 g/mol. The van der Waals surface area contributed by atoms with E-state index in [9.17, 15) is 0 Å². The highest BCUT2D eigenvalue weighted by Crippen LogP contribution is 2.13. The Morgan fingerprint density at radius 2 is 1.80 bits per heavy atom. The zero-order valence-electron chi connectivity index (χ0n) is 13.4. The summed E-state index contributed by atoms with van der Waals surface area (Å²) in [6.07, 6.45) is 2.15. The molecule has 1 aromatic rings. The average molecular weight is 278 g/mol. The number of ether oxygens (including phenoxy) is 1. The molecule has 0 saturated carbocycles. The summed E-state index contributed by atoms with van der Waals surface area (Å²) in [6.45, 7) is 9.20. The van der Waals surface area contributed by atoms with E-state index in [1.807, 2.05) is 12.1 Å². The number of hydrogen-bond acceptors (Lipinski definition) is 3. The lowest BCUT2D eigenvalue weighted by atomic mass is 10.0. The number of hydrogen-bond donors (Lipinski definition) is 1. The van der Waals surface area contributed by atoms with Crippen molar-refractivity contribution in [2.24, 2.45) is 11.7 Å². The third kappa shape index (κ3) is 6.40. The van der Waals surface area contributed by atoms with Crippen LogP contribution in [0.5, 0.6) is 5.75 Å². The van der Waals surface area contributed by atoms with Gasteiger partial charge in [-0.3, -0.25) is 0 Å². The number of rotatable bonds is 9. The molecule has 0 saturated heterocycles. The molecule has 3 nitrogen and oxygen atoms in total. The van der Waals surface area contributed by atoms with Crippen LogP contribution in [0, 0.1) is 5.92 Å². The van der Waals surface area contributed by atoms with E-state index in [1.54, 1.807) is 0 Å². The second-order valence-electron chi connectivity index (χ2n) is 5.99. The SMILES string of the molecule is CC(C)CC(C)N(C)CCOc1ccc(CCN)cc1. The highest BCUT2D eigenvalue weighted by molar-refractivity contribution is 5.27. The van der Waals surface area contributed by atoms with Gasteiger partial charge in [-0.05, 0) is 57.0 Å².